The quantitative estimate of drug-likeness (QED) is 0.778. The van der Waals surface area contributed by atoms with Gasteiger partial charge in [0.25, 0.3) is 0 Å². The SMILES string of the molecule is CC(C)CCc1ccc(C(=O)O)o1. The summed E-state index contributed by atoms with van der Waals surface area (Å²) >= 11 is 0. The van der Waals surface area contributed by atoms with Gasteiger partial charge in [-0.15, -0.1) is 0 Å². The van der Waals surface area contributed by atoms with E-state index in [1.165, 1.54) is 6.07 Å². The van der Waals surface area contributed by atoms with Crippen LogP contribution >= 0.6 is 0 Å². The standard InChI is InChI=1S/C10H14O3/c1-7(2)3-4-8-5-6-9(13-8)10(11)12/h5-7H,3-4H2,1-2H3,(H,11,12). The van der Waals surface area contributed by atoms with Crippen molar-refractivity contribution in [3.8, 4) is 0 Å². The Morgan fingerprint density at radius 3 is 2.69 bits per heavy atom. The summed E-state index contributed by atoms with van der Waals surface area (Å²) in [6.45, 7) is 4.25. The Kier molecular flexibility index (Phi) is 3.12. The number of carbonyl (C=O) groups is 1. The van der Waals surface area contributed by atoms with Gasteiger partial charge in [0.1, 0.15) is 5.76 Å². The molecule has 0 aliphatic carbocycles. The van der Waals surface area contributed by atoms with Crippen LogP contribution in [0.3, 0.4) is 0 Å². The summed E-state index contributed by atoms with van der Waals surface area (Å²) < 4.78 is 5.10. The molecule has 0 atom stereocenters. The van der Waals surface area contributed by atoms with E-state index in [1.807, 2.05) is 0 Å². The predicted molar refractivity (Wildman–Crippen MR) is 48.8 cm³/mol. The third kappa shape index (κ3) is 2.93. The molecule has 3 nitrogen and oxygen atoms in total. The van der Waals surface area contributed by atoms with Crippen molar-refractivity contribution in [1.29, 1.82) is 0 Å². The highest BCUT2D eigenvalue weighted by molar-refractivity contribution is 5.84. The zero-order valence-corrected chi connectivity index (χ0v) is 7.91. The molecular weight excluding hydrogens is 168 g/mol. The fourth-order valence-corrected chi connectivity index (χ4v) is 1.06. The van der Waals surface area contributed by atoms with E-state index in [-0.39, 0.29) is 5.76 Å². The largest absolute Gasteiger partial charge is 0.475 e. The Labute approximate surface area is 77.4 Å². The second kappa shape index (κ2) is 4.12. The Morgan fingerprint density at radius 1 is 1.54 bits per heavy atom. The van der Waals surface area contributed by atoms with Gasteiger partial charge in [0, 0.05) is 6.42 Å². The number of rotatable bonds is 4. The minimum atomic E-state index is -1.00. The van der Waals surface area contributed by atoms with E-state index in [2.05, 4.69) is 13.8 Å². The first-order valence-electron chi connectivity index (χ1n) is 4.41. The Morgan fingerprint density at radius 2 is 2.23 bits per heavy atom. The van der Waals surface area contributed by atoms with Crippen molar-refractivity contribution < 1.29 is 14.3 Å². The first-order chi connectivity index (χ1) is 6.09. The molecule has 1 aromatic rings. The Hall–Kier alpha value is -1.25. The van der Waals surface area contributed by atoms with Crippen LogP contribution in [0.5, 0.6) is 0 Å². The number of hydrogen-bond donors (Lipinski definition) is 1. The lowest BCUT2D eigenvalue weighted by Gasteiger charge is -2.00. The molecule has 0 bridgehead atoms. The topological polar surface area (TPSA) is 50.4 Å². The second-order valence-corrected chi connectivity index (χ2v) is 3.50. The molecule has 0 aliphatic rings. The summed E-state index contributed by atoms with van der Waals surface area (Å²) in [5.74, 6) is 0.388. The van der Waals surface area contributed by atoms with Gasteiger partial charge >= 0.3 is 5.97 Å². The third-order valence-corrected chi connectivity index (χ3v) is 1.84. The zero-order valence-electron chi connectivity index (χ0n) is 7.91. The minimum Gasteiger partial charge on any atom is -0.475 e. The van der Waals surface area contributed by atoms with Crippen LogP contribution < -0.4 is 0 Å². The molecule has 0 spiro atoms. The van der Waals surface area contributed by atoms with Gasteiger partial charge in [0.15, 0.2) is 0 Å². The molecule has 72 valence electrons. The van der Waals surface area contributed by atoms with E-state index in [0.29, 0.717) is 5.92 Å². The van der Waals surface area contributed by atoms with E-state index in [0.717, 1.165) is 18.6 Å². The number of carboxylic acid groups (broad SMARTS) is 1. The van der Waals surface area contributed by atoms with E-state index >= 15 is 0 Å². The molecule has 1 rings (SSSR count). The van der Waals surface area contributed by atoms with Gasteiger partial charge in [-0.1, -0.05) is 13.8 Å². The molecule has 0 fully saturated rings. The lowest BCUT2D eigenvalue weighted by Crippen LogP contribution is -1.93. The van der Waals surface area contributed by atoms with Crippen molar-refractivity contribution in [2.24, 2.45) is 5.92 Å². The van der Waals surface area contributed by atoms with Crippen LogP contribution in [0.25, 0.3) is 0 Å². The molecule has 1 aromatic heterocycles. The first kappa shape index (κ1) is 9.84. The van der Waals surface area contributed by atoms with Crippen molar-refractivity contribution >= 4 is 5.97 Å². The Balaban J connectivity index is 2.54. The summed E-state index contributed by atoms with van der Waals surface area (Å²) in [6.07, 6.45) is 1.83. The maximum atomic E-state index is 10.5. The minimum absolute atomic E-state index is 0.0266. The highest BCUT2D eigenvalue weighted by Gasteiger charge is 2.08. The Bertz CT molecular complexity index is 286. The highest BCUT2D eigenvalue weighted by atomic mass is 16.4. The highest BCUT2D eigenvalue weighted by Crippen LogP contribution is 2.12. The maximum absolute atomic E-state index is 10.5. The summed E-state index contributed by atoms with van der Waals surface area (Å²) in [7, 11) is 0. The number of carboxylic acids is 1. The normalized spacial score (nSPS) is 10.7. The number of furan rings is 1. The third-order valence-electron chi connectivity index (χ3n) is 1.84. The predicted octanol–water partition coefficient (Wildman–Crippen LogP) is 2.57. The molecule has 13 heavy (non-hydrogen) atoms. The lowest BCUT2D eigenvalue weighted by molar-refractivity contribution is 0.0660. The fraction of sp³-hybridized carbons (Fsp3) is 0.500. The second-order valence-electron chi connectivity index (χ2n) is 3.50. The molecule has 0 saturated carbocycles. The summed E-state index contributed by atoms with van der Waals surface area (Å²) in [4.78, 5) is 10.5. The average molecular weight is 182 g/mol. The maximum Gasteiger partial charge on any atom is 0.371 e. The van der Waals surface area contributed by atoms with Gasteiger partial charge in [0.2, 0.25) is 5.76 Å². The lowest BCUT2D eigenvalue weighted by atomic mass is 10.1. The zero-order chi connectivity index (χ0) is 9.84. The molecule has 0 radical (unpaired) electrons. The average Bonchev–Trinajstić information content (AvgIpc) is 2.48. The number of aryl methyl sites for hydroxylation is 1. The van der Waals surface area contributed by atoms with Crippen LogP contribution in [0.2, 0.25) is 0 Å². The molecule has 0 amide bonds. The van der Waals surface area contributed by atoms with Crippen LogP contribution in [0.4, 0.5) is 0 Å². The monoisotopic (exact) mass is 182 g/mol. The van der Waals surface area contributed by atoms with Crippen LogP contribution in [0, 0.1) is 5.92 Å². The first-order valence-corrected chi connectivity index (χ1v) is 4.41. The van der Waals surface area contributed by atoms with E-state index in [9.17, 15) is 4.79 Å². The van der Waals surface area contributed by atoms with Gasteiger partial charge in [-0.25, -0.2) is 4.79 Å². The van der Waals surface area contributed by atoms with E-state index in [1.54, 1.807) is 6.07 Å². The molecular formula is C10H14O3. The molecule has 0 unspecified atom stereocenters. The van der Waals surface area contributed by atoms with Crippen LogP contribution in [0.15, 0.2) is 16.5 Å². The van der Waals surface area contributed by atoms with E-state index < -0.39 is 5.97 Å². The van der Waals surface area contributed by atoms with Crippen molar-refractivity contribution in [2.45, 2.75) is 26.7 Å². The summed E-state index contributed by atoms with van der Waals surface area (Å²) in [5, 5.41) is 8.58. The molecule has 0 aromatic carbocycles. The van der Waals surface area contributed by atoms with Gasteiger partial charge in [0.05, 0.1) is 0 Å². The van der Waals surface area contributed by atoms with Crippen molar-refractivity contribution in [3.63, 3.8) is 0 Å². The van der Waals surface area contributed by atoms with E-state index in [4.69, 9.17) is 9.52 Å². The molecule has 0 aliphatic heterocycles. The van der Waals surface area contributed by atoms with Gasteiger partial charge in [-0.05, 0) is 24.5 Å². The van der Waals surface area contributed by atoms with Crippen LogP contribution in [-0.4, -0.2) is 11.1 Å². The number of aromatic carboxylic acids is 1. The fourth-order valence-electron chi connectivity index (χ4n) is 1.06. The smallest absolute Gasteiger partial charge is 0.371 e. The van der Waals surface area contributed by atoms with Gasteiger partial charge in [-0.3, -0.25) is 0 Å². The molecule has 1 N–H and O–H groups in total. The van der Waals surface area contributed by atoms with Crippen molar-refractivity contribution in [2.75, 3.05) is 0 Å². The molecule has 1 heterocycles. The van der Waals surface area contributed by atoms with Crippen molar-refractivity contribution in [1.82, 2.24) is 0 Å². The van der Waals surface area contributed by atoms with Crippen LogP contribution in [-0.2, 0) is 6.42 Å². The molecule has 3 heteroatoms. The van der Waals surface area contributed by atoms with Gasteiger partial charge in [-0.2, -0.15) is 0 Å². The van der Waals surface area contributed by atoms with Gasteiger partial charge < -0.3 is 9.52 Å². The number of hydrogen-bond acceptors (Lipinski definition) is 2. The summed E-state index contributed by atoms with van der Waals surface area (Å²) in [6, 6.07) is 3.23. The van der Waals surface area contributed by atoms with Crippen molar-refractivity contribution in [3.05, 3.63) is 23.7 Å². The summed E-state index contributed by atoms with van der Waals surface area (Å²) in [5.41, 5.74) is 0. The molecule has 0 saturated heterocycles. The van der Waals surface area contributed by atoms with Crippen LogP contribution in [0.1, 0.15) is 36.6 Å².